The number of hydrogen-bond donors (Lipinski definition) is 1. The van der Waals surface area contributed by atoms with Crippen LogP contribution in [0.4, 0.5) is 0 Å². The second-order valence-corrected chi connectivity index (χ2v) is 5.69. The minimum atomic E-state index is 0.181. The highest BCUT2D eigenvalue weighted by molar-refractivity contribution is 5.98. The summed E-state index contributed by atoms with van der Waals surface area (Å²) in [5.41, 5.74) is 1.94. The van der Waals surface area contributed by atoms with Gasteiger partial charge in [0, 0.05) is 44.7 Å². The van der Waals surface area contributed by atoms with Gasteiger partial charge in [-0.2, -0.15) is 0 Å². The molecule has 1 N–H and O–H groups in total. The van der Waals surface area contributed by atoms with Crippen LogP contribution >= 0.6 is 0 Å². The standard InChI is InChI=1S/C16H22N2O3/c19-9-8-17-4-6-18(7-5-17)12-15(20)13-1-2-16-14(11-13)3-10-21-16/h1-2,11,19H,3-10,12H2. The molecule has 1 saturated heterocycles. The highest BCUT2D eigenvalue weighted by Crippen LogP contribution is 2.26. The van der Waals surface area contributed by atoms with Gasteiger partial charge in [-0.05, 0) is 23.8 Å². The number of carbonyl (C=O) groups excluding carboxylic acids is 1. The molecule has 21 heavy (non-hydrogen) atoms. The number of fused-ring (bicyclic) bond motifs is 1. The highest BCUT2D eigenvalue weighted by Gasteiger charge is 2.20. The molecule has 2 aliphatic heterocycles. The number of Topliss-reactive ketones (excluding diaryl/α,β-unsaturated/α-hetero) is 1. The lowest BCUT2D eigenvalue weighted by atomic mass is 10.0. The first-order chi connectivity index (χ1) is 10.3. The van der Waals surface area contributed by atoms with Gasteiger partial charge in [-0.1, -0.05) is 0 Å². The number of hydrogen-bond acceptors (Lipinski definition) is 5. The van der Waals surface area contributed by atoms with Crippen LogP contribution in [-0.4, -0.2) is 73.2 Å². The van der Waals surface area contributed by atoms with Crippen LogP contribution in [-0.2, 0) is 6.42 Å². The van der Waals surface area contributed by atoms with Gasteiger partial charge >= 0.3 is 0 Å². The van der Waals surface area contributed by atoms with E-state index in [1.165, 1.54) is 0 Å². The number of carbonyl (C=O) groups is 1. The molecule has 0 aliphatic carbocycles. The van der Waals surface area contributed by atoms with Crippen LogP contribution in [0.15, 0.2) is 18.2 Å². The number of piperazine rings is 1. The average molecular weight is 290 g/mol. The molecule has 0 saturated carbocycles. The zero-order chi connectivity index (χ0) is 14.7. The summed E-state index contributed by atoms with van der Waals surface area (Å²) in [4.78, 5) is 16.8. The maximum absolute atomic E-state index is 12.4. The van der Waals surface area contributed by atoms with Crippen LogP contribution in [0.25, 0.3) is 0 Å². The molecule has 0 amide bonds. The lowest BCUT2D eigenvalue weighted by Gasteiger charge is -2.33. The van der Waals surface area contributed by atoms with Crippen LogP contribution in [0, 0.1) is 0 Å². The molecule has 5 heteroatoms. The van der Waals surface area contributed by atoms with Crippen molar-refractivity contribution < 1.29 is 14.6 Å². The van der Waals surface area contributed by atoms with Crippen LogP contribution in [0.5, 0.6) is 5.75 Å². The topological polar surface area (TPSA) is 53.0 Å². The highest BCUT2D eigenvalue weighted by atomic mass is 16.5. The van der Waals surface area contributed by atoms with Crippen molar-refractivity contribution >= 4 is 5.78 Å². The van der Waals surface area contributed by atoms with E-state index in [4.69, 9.17) is 9.84 Å². The summed E-state index contributed by atoms with van der Waals surface area (Å²) in [6, 6.07) is 5.76. The molecule has 0 unspecified atom stereocenters. The van der Waals surface area contributed by atoms with Gasteiger partial charge in [0.25, 0.3) is 0 Å². The molecule has 5 nitrogen and oxygen atoms in total. The van der Waals surface area contributed by atoms with Crippen LogP contribution < -0.4 is 4.74 Å². The summed E-state index contributed by atoms with van der Waals surface area (Å²) in [6.45, 7) is 5.76. The smallest absolute Gasteiger partial charge is 0.176 e. The van der Waals surface area contributed by atoms with E-state index in [-0.39, 0.29) is 12.4 Å². The minimum absolute atomic E-state index is 0.181. The van der Waals surface area contributed by atoms with Gasteiger partial charge in [-0.3, -0.25) is 14.6 Å². The van der Waals surface area contributed by atoms with Crippen LogP contribution in [0.1, 0.15) is 15.9 Å². The van der Waals surface area contributed by atoms with Gasteiger partial charge in [0.2, 0.25) is 0 Å². The Hall–Kier alpha value is -1.43. The monoisotopic (exact) mass is 290 g/mol. The number of rotatable bonds is 5. The summed E-state index contributed by atoms with van der Waals surface area (Å²) >= 11 is 0. The molecule has 2 aliphatic rings. The van der Waals surface area contributed by atoms with E-state index in [9.17, 15) is 4.79 Å². The number of aliphatic hydroxyl groups excluding tert-OH is 1. The first-order valence-electron chi connectivity index (χ1n) is 7.61. The molecular weight excluding hydrogens is 268 g/mol. The Kier molecular flexibility index (Phi) is 4.53. The van der Waals surface area contributed by atoms with Gasteiger partial charge in [-0.15, -0.1) is 0 Å². The number of ether oxygens (including phenoxy) is 1. The summed E-state index contributed by atoms with van der Waals surface area (Å²) < 4.78 is 5.47. The quantitative estimate of drug-likeness (QED) is 0.796. The number of benzene rings is 1. The van der Waals surface area contributed by atoms with Crippen molar-refractivity contribution in [3.8, 4) is 5.75 Å². The predicted octanol–water partition coefficient (Wildman–Crippen LogP) is 0.414. The van der Waals surface area contributed by atoms with Crippen molar-refractivity contribution in [3.63, 3.8) is 0 Å². The van der Waals surface area contributed by atoms with Crippen LogP contribution in [0.3, 0.4) is 0 Å². The Morgan fingerprint density at radius 2 is 1.95 bits per heavy atom. The van der Waals surface area contributed by atoms with Crippen molar-refractivity contribution in [1.82, 2.24) is 9.80 Å². The minimum Gasteiger partial charge on any atom is -0.493 e. The normalized spacial score (nSPS) is 19.3. The second kappa shape index (κ2) is 6.56. The van der Waals surface area contributed by atoms with Gasteiger partial charge in [0.15, 0.2) is 5.78 Å². The summed E-state index contributed by atoms with van der Waals surface area (Å²) in [5.74, 6) is 1.10. The van der Waals surface area contributed by atoms with E-state index in [2.05, 4.69) is 9.80 Å². The average Bonchev–Trinajstić information content (AvgIpc) is 2.97. The van der Waals surface area contributed by atoms with Gasteiger partial charge < -0.3 is 9.84 Å². The van der Waals surface area contributed by atoms with Crippen molar-refractivity contribution in [2.24, 2.45) is 0 Å². The zero-order valence-corrected chi connectivity index (χ0v) is 12.3. The van der Waals surface area contributed by atoms with E-state index in [1.807, 2.05) is 18.2 Å². The van der Waals surface area contributed by atoms with Crippen molar-refractivity contribution in [2.45, 2.75) is 6.42 Å². The summed E-state index contributed by atoms with van der Waals surface area (Å²) in [6.07, 6.45) is 0.899. The Labute approximate surface area is 125 Å². The second-order valence-electron chi connectivity index (χ2n) is 5.69. The van der Waals surface area contributed by atoms with E-state index in [0.717, 1.165) is 62.6 Å². The van der Waals surface area contributed by atoms with E-state index < -0.39 is 0 Å². The first kappa shape index (κ1) is 14.5. The summed E-state index contributed by atoms with van der Waals surface area (Å²) in [7, 11) is 0. The molecule has 0 radical (unpaired) electrons. The third-order valence-electron chi connectivity index (χ3n) is 4.26. The van der Waals surface area contributed by atoms with E-state index in [1.54, 1.807) is 0 Å². The molecule has 3 rings (SSSR count). The third kappa shape index (κ3) is 3.43. The number of β-amino-alcohol motifs (C(OH)–C–C–N with tert-alkyl or cyclic N) is 1. The predicted molar refractivity (Wildman–Crippen MR) is 79.9 cm³/mol. The Balaban J connectivity index is 1.55. The molecule has 0 spiro atoms. The molecule has 114 valence electrons. The van der Waals surface area contributed by atoms with Crippen molar-refractivity contribution in [1.29, 1.82) is 0 Å². The lowest BCUT2D eigenvalue weighted by Crippen LogP contribution is -2.48. The Bertz CT molecular complexity index is 510. The molecule has 0 aromatic heterocycles. The van der Waals surface area contributed by atoms with Gasteiger partial charge in [-0.25, -0.2) is 0 Å². The van der Waals surface area contributed by atoms with Gasteiger partial charge in [0.05, 0.1) is 19.8 Å². The summed E-state index contributed by atoms with van der Waals surface area (Å²) in [5, 5.41) is 8.94. The molecule has 0 bridgehead atoms. The largest absolute Gasteiger partial charge is 0.493 e. The van der Waals surface area contributed by atoms with E-state index >= 15 is 0 Å². The number of nitrogens with zero attached hydrogens (tertiary/aromatic N) is 2. The van der Waals surface area contributed by atoms with Gasteiger partial charge in [0.1, 0.15) is 5.75 Å². The third-order valence-corrected chi connectivity index (χ3v) is 4.26. The molecular formula is C16H22N2O3. The number of ketones is 1. The Morgan fingerprint density at radius 1 is 1.19 bits per heavy atom. The molecule has 1 fully saturated rings. The molecule has 1 aromatic carbocycles. The van der Waals surface area contributed by atoms with Crippen molar-refractivity contribution in [2.75, 3.05) is 52.5 Å². The lowest BCUT2D eigenvalue weighted by molar-refractivity contribution is 0.0822. The van der Waals surface area contributed by atoms with E-state index in [0.29, 0.717) is 6.54 Å². The molecule has 2 heterocycles. The number of aliphatic hydroxyl groups is 1. The maximum Gasteiger partial charge on any atom is 0.176 e. The fraction of sp³-hybridized carbons (Fsp3) is 0.562. The zero-order valence-electron chi connectivity index (χ0n) is 12.3. The fourth-order valence-corrected chi connectivity index (χ4v) is 2.97. The molecule has 1 aromatic rings. The Morgan fingerprint density at radius 3 is 2.71 bits per heavy atom. The SMILES string of the molecule is O=C(CN1CCN(CCO)CC1)c1ccc2c(c1)CCO2. The maximum atomic E-state index is 12.4. The van der Waals surface area contributed by atoms with Crippen LogP contribution in [0.2, 0.25) is 0 Å². The first-order valence-corrected chi connectivity index (χ1v) is 7.61. The fourth-order valence-electron chi connectivity index (χ4n) is 2.97. The van der Waals surface area contributed by atoms with Crippen molar-refractivity contribution in [3.05, 3.63) is 29.3 Å². The molecule has 0 atom stereocenters.